The number of rotatable bonds is 7. The second-order valence-electron chi connectivity index (χ2n) is 4.50. The van der Waals surface area contributed by atoms with Gasteiger partial charge in [-0.25, -0.2) is 0 Å². The maximum Gasteiger partial charge on any atom is 0.0624 e. The summed E-state index contributed by atoms with van der Waals surface area (Å²) in [6.45, 7) is 7.73. The molecule has 1 unspecified atom stereocenters. The molecule has 16 heavy (non-hydrogen) atoms. The Labute approximate surface area is 99.2 Å². The number of hydrogen-bond donors (Lipinski definition) is 1. The molecule has 0 aliphatic rings. The Balaban J connectivity index is 2.38. The van der Waals surface area contributed by atoms with Gasteiger partial charge in [0, 0.05) is 18.8 Å². The molecule has 1 heterocycles. The molecule has 0 spiro atoms. The molecule has 0 saturated heterocycles. The van der Waals surface area contributed by atoms with E-state index in [0.29, 0.717) is 6.04 Å². The second-order valence-corrected chi connectivity index (χ2v) is 4.50. The van der Waals surface area contributed by atoms with Crippen molar-refractivity contribution in [3.63, 3.8) is 0 Å². The smallest absolute Gasteiger partial charge is 0.0624 e. The fraction of sp³-hybridized carbons (Fsp3) is 0.769. The molecule has 0 aliphatic carbocycles. The molecule has 3 heteroatoms. The van der Waals surface area contributed by atoms with Gasteiger partial charge >= 0.3 is 0 Å². The number of aryl methyl sites for hydroxylation is 3. The maximum atomic E-state index is 4.47. The van der Waals surface area contributed by atoms with Crippen LogP contribution >= 0.6 is 0 Å². The van der Waals surface area contributed by atoms with Gasteiger partial charge in [-0.05, 0) is 45.2 Å². The van der Waals surface area contributed by atoms with Gasteiger partial charge in [0.05, 0.1) is 5.69 Å². The van der Waals surface area contributed by atoms with Gasteiger partial charge in [0.25, 0.3) is 0 Å². The van der Waals surface area contributed by atoms with Gasteiger partial charge in [-0.2, -0.15) is 5.10 Å². The highest BCUT2D eigenvalue weighted by Crippen LogP contribution is 2.08. The van der Waals surface area contributed by atoms with Crippen LogP contribution in [0, 0.1) is 0 Å². The minimum absolute atomic E-state index is 0.597. The largest absolute Gasteiger partial charge is 0.314 e. The Kier molecular flexibility index (Phi) is 5.53. The molecule has 0 radical (unpaired) electrons. The number of nitrogens with zero attached hydrogens (tertiary/aromatic N) is 2. The average Bonchev–Trinajstić information content (AvgIpc) is 2.64. The van der Waals surface area contributed by atoms with E-state index in [1.807, 2.05) is 11.7 Å². The second kappa shape index (κ2) is 6.69. The lowest BCUT2D eigenvalue weighted by atomic mass is 10.1. The maximum absolute atomic E-state index is 4.47. The molecule has 1 atom stereocenters. The molecule has 0 saturated carbocycles. The molecule has 0 aromatic carbocycles. The number of nitrogens with one attached hydrogen (secondary N) is 1. The first-order valence-electron chi connectivity index (χ1n) is 6.42. The topological polar surface area (TPSA) is 29.9 Å². The van der Waals surface area contributed by atoms with Crippen molar-refractivity contribution in [3.8, 4) is 0 Å². The van der Waals surface area contributed by atoms with Gasteiger partial charge in [-0.1, -0.05) is 13.8 Å². The van der Waals surface area contributed by atoms with Gasteiger partial charge < -0.3 is 5.32 Å². The third kappa shape index (κ3) is 3.97. The summed E-state index contributed by atoms with van der Waals surface area (Å²) in [6.07, 6.45) is 4.53. The minimum atomic E-state index is 0.597. The number of aromatic nitrogens is 2. The third-order valence-corrected chi connectivity index (χ3v) is 2.97. The fourth-order valence-corrected chi connectivity index (χ4v) is 1.84. The molecule has 0 bridgehead atoms. The standard InChI is InChI=1S/C13H25N3/c1-5-9-14-11(3)7-8-13-10-12(6-2)15-16(13)4/h10-11,14H,5-9H2,1-4H3. The van der Waals surface area contributed by atoms with E-state index >= 15 is 0 Å². The van der Waals surface area contributed by atoms with Crippen LogP contribution in [0.5, 0.6) is 0 Å². The highest BCUT2D eigenvalue weighted by Gasteiger charge is 2.06. The summed E-state index contributed by atoms with van der Waals surface area (Å²) < 4.78 is 2.02. The van der Waals surface area contributed by atoms with E-state index in [-0.39, 0.29) is 0 Å². The summed E-state index contributed by atoms with van der Waals surface area (Å²) >= 11 is 0. The molecular weight excluding hydrogens is 198 g/mol. The van der Waals surface area contributed by atoms with Crippen molar-refractivity contribution in [2.75, 3.05) is 6.54 Å². The predicted octanol–water partition coefficient (Wildman–Crippen LogP) is 2.30. The fourth-order valence-electron chi connectivity index (χ4n) is 1.84. The summed E-state index contributed by atoms with van der Waals surface area (Å²) in [4.78, 5) is 0. The van der Waals surface area contributed by atoms with Crippen LogP contribution in [0.4, 0.5) is 0 Å². The molecule has 1 rings (SSSR count). The zero-order valence-electron chi connectivity index (χ0n) is 11.1. The zero-order valence-corrected chi connectivity index (χ0v) is 11.1. The van der Waals surface area contributed by atoms with Crippen molar-refractivity contribution in [2.45, 2.75) is 52.5 Å². The first kappa shape index (κ1) is 13.2. The summed E-state index contributed by atoms with van der Waals surface area (Å²) in [5.74, 6) is 0. The Morgan fingerprint density at radius 1 is 1.44 bits per heavy atom. The van der Waals surface area contributed by atoms with E-state index in [1.165, 1.54) is 24.2 Å². The third-order valence-electron chi connectivity index (χ3n) is 2.97. The highest BCUT2D eigenvalue weighted by molar-refractivity contribution is 5.10. The van der Waals surface area contributed by atoms with Crippen LogP contribution in [-0.2, 0) is 19.9 Å². The summed E-state index contributed by atoms with van der Waals surface area (Å²) in [5, 5.41) is 7.98. The van der Waals surface area contributed by atoms with Crippen molar-refractivity contribution >= 4 is 0 Å². The molecule has 0 amide bonds. The molecule has 3 nitrogen and oxygen atoms in total. The van der Waals surface area contributed by atoms with Crippen molar-refractivity contribution < 1.29 is 0 Å². The lowest BCUT2D eigenvalue weighted by Crippen LogP contribution is -2.27. The van der Waals surface area contributed by atoms with Crippen molar-refractivity contribution in [1.29, 1.82) is 0 Å². The van der Waals surface area contributed by atoms with E-state index < -0.39 is 0 Å². The van der Waals surface area contributed by atoms with Crippen molar-refractivity contribution in [3.05, 3.63) is 17.5 Å². The van der Waals surface area contributed by atoms with Crippen LogP contribution in [0.1, 0.15) is 45.0 Å². The summed E-state index contributed by atoms with van der Waals surface area (Å²) in [5.41, 5.74) is 2.55. The predicted molar refractivity (Wildman–Crippen MR) is 68.7 cm³/mol. The van der Waals surface area contributed by atoms with Crippen molar-refractivity contribution in [2.24, 2.45) is 7.05 Å². The molecular formula is C13H25N3. The van der Waals surface area contributed by atoms with Crippen LogP contribution in [0.3, 0.4) is 0 Å². The van der Waals surface area contributed by atoms with E-state index in [9.17, 15) is 0 Å². The van der Waals surface area contributed by atoms with Crippen LogP contribution in [-0.4, -0.2) is 22.4 Å². The molecule has 1 N–H and O–H groups in total. The van der Waals surface area contributed by atoms with E-state index in [2.05, 4.69) is 37.3 Å². The minimum Gasteiger partial charge on any atom is -0.314 e. The Hall–Kier alpha value is -0.830. The van der Waals surface area contributed by atoms with Gasteiger partial charge in [-0.3, -0.25) is 4.68 Å². The van der Waals surface area contributed by atoms with Gasteiger partial charge in [0.15, 0.2) is 0 Å². The van der Waals surface area contributed by atoms with E-state index in [0.717, 1.165) is 19.4 Å². The normalized spacial score (nSPS) is 13.0. The first-order chi connectivity index (χ1) is 7.67. The summed E-state index contributed by atoms with van der Waals surface area (Å²) in [6, 6.07) is 2.83. The SMILES string of the molecule is CCCNC(C)CCc1cc(CC)nn1C. The molecule has 92 valence electrons. The van der Waals surface area contributed by atoms with Crippen molar-refractivity contribution in [1.82, 2.24) is 15.1 Å². The molecule has 0 aliphatic heterocycles. The van der Waals surface area contributed by atoms with Gasteiger partial charge in [-0.15, -0.1) is 0 Å². The Morgan fingerprint density at radius 3 is 2.75 bits per heavy atom. The molecule has 1 aromatic rings. The lowest BCUT2D eigenvalue weighted by molar-refractivity contribution is 0.505. The van der Waals surface area contributed by atoms with E-state index in [1.54, 1.807) is 0 Å². The van der Waals surface area contributed by atoms with E-state index in [4.69, 9.17) is 0 Å². The van der Waals surface area contributed by atoms with Gasteiger partial charge in [0.1, 0.15) is 0 Å². The monoisotopic (exact) mass is 223 g/mol. The zero-order chi connectivity index (χ0) is 12.0. The Morgan fingerprint density at radius 2 is 2.19 bits per heavy atom. The lowest BCUT2D eigenvalue weighted by Gasteiger charge is -2.12. The van der Waals surface area contributed by atoms with Gasteiger partial charge in [0.2, 0.25) is 0 Å². The molecule has 1 aromatic heterocycles. The highest BCUT2D eigenvalue weighted by atomic mass is 15.3. The quantitative estimate of drug-likeness (QED) is 0.768. The Bertz CT molecular complexity index is 304. The van der Waals surface area contributed by atoms with Crippen LogP contribution in [0.15, 0.2) is 6.07 Å². The summed E-state index contributed by atoms with van der Waals surface area (Å²) in [7, 11) is 2.04. The molecule has 0 fully saturated rings. The van der Waals surface area contributed by atoms with Crippen LogP contribution in [0.2, 0.25) is 0 Å². The average molecular weight is 223 g/mol. The van der Waals surface area contributed by atoms with Crippen LogP contribution in [0.25, 0.3) is 0 Å². The number of hydrogen-bond acceptors (Lipinski definition) is 2. The van der Waals surface area contributed by atoms with Crippen LogP contribution < -0.4 is 5.32 Å². The first-order valence-corrected chi connectivity index (χ1v) is 6.42.